The van der Waals surface area contributed by atoms with Crippen LogP contribution in [-0.2, 0) is 120 Å². The van der Waals surface area contributed by atoms with Crippen molar-refractivity contribution in [1.29, 1.82) is 5.41 Å². The number of phenolic OH excluding ortho intramolecular Hbond substituents is 2. The summed E-state index contributed by atoms with van der Waals surface area (Å²) in [6, 6.07) is -6.99. The number of amides is 19. The number of carbonyl (C=O) groups is 21. The molecule has 51 nitrogen and oxygen atoms in total. The minimum absolute atomic E-state index is 0.00936. The van der Waals surface area contributed by atoms with Gasteiger partial charge in [-0.05, 0) is 136 Å². The van der Waals surface area contributed by atoms with Crippen LogP contribution in [0.25, 0.3) is 0 Å². The number of carboxylic acids is 2. The van der Waals surface area contributed by atoms with Crippen molar-refractivity contribution in [2.24, 2.45) is 52.2 Å². The van der Waals surface area contributed by atoms with Crippen molar-refractivity contribution in [1.82, 2.24) is 90.4 Å². The Morgan fingerprint density at radius 3 is 1.13 bits per heavy atom. The molecule has 0 saturated carbocycles. The molecular formula is C89H136N24O27S. The molecule has 0 radical (unpaired) electrons. The van der Waals surface area contributed by atoms with Crippen molar-refractivity contribution in [3.05, 3.63) is 95.6 Å². The van der Waals surface area contributed by atoms with E-state index >= 15 is 0 Å². The van der Waals surface area contributed by atoms with Crippen LogP contribution in [0.4, 0.5) is 0 Å². The van der Waals surface area contributed by atoms with Gasteiger partial charge in [0.25, 0.3) is 0 Å². The highest BCUT2D eigenvalue weighted by atomic mass is 32.1. The molecule has 3 rings (SSSR count). The fourth-order valence-electron chi connectivity index (χ4n) is 13.7. The second-order valence-corrected chi connectivity index (χ2v) is 35.0. The summed E-state index contributed by atoms with van der Waals surface area (Å²) in [5, 5.41) is 108. The van der Waals surface area contributed by atoms with Crippen molar-refractivity contribution < 1.29 is 131 Å². The highest BCUT2D eigenvalue weighted by Crippen LogP contribution is 2.19. The predicted octanol–water partition coefficient (Wildman–Crippen LogP) is -8.73. The zero-order valence-corrected chi connectivity index (χ0v) is 80.3. The van der Waals surface area contributed by atoms with Crippen LogP contribution in [0.2, 0.25) is 0 Å². The van der Waals surface area contributed by atoms with Gasteiger partial charge in [0, 0.05) is 50.8 Å². The Labute approximate surface area is 818 Å². The average Bonchev–Trinajstić information content (AvgIpc) is 0.840. The molecule has 0 fully saturated rings. The number of nitrogens with one attached hydrogen (secondary N) is 18. The maximum Gasteiger partial charge on any atom is 0.328 e. The van der Waals surface area contributed by atoms with E-state index < -0.39 is 309 Å². The van der Waals surface area contributed by atoms with Crippen LogP contribution < -0.4 is 125 Å². The summed E-state index contributed by atoms with van der Waals surface area (Å²) in [5.74, 6) is -26.2. The van der Waals surface area contributed by atoms with Crippen molar-refractivity contribution in [2.75, 3.05) is 38.6 Å². The summed E-state index contributed by atoms with van der Waals surface area (Å²) in [4.78, 5) is 286. The Morgan fingerprint density at radius 1 is 0.362 bits per heavy atom. The number of unbranched alkanes of at least 4 members (excludes halogenated alkanes) is 1. The number of carboxylic acid groups (broad SMARTS) is 2. The van der Waals surface area contributed by atoms with E-state index in [2.05, 4.69) is 103 Å². The number of carbonyl (C=O) groups excluding carboxylic acids is 19. The standard InChI is InChI=1S/C89H136N24O27S/c1-44(2)34-58(80(131)108-61(37-49-18-22-51(116)23-19-49)82(133)102-56(27-30-68(93)119)78(129)101-55(17-13-33-97-89(95)96)77(128)111-65(42-115)88(139)140)107-79(130)57(28-31-69(94)120)103-86(137)66(43-141)112-85(136)64(41-114)110-81(132)59(35-45(3)4)106-76(127)54(16-11-12-32-90)100-70(121)40-98-75(126)63(39-71(122)123)104-73(124)47(7)99-87(138)72(46(5)6)113-84(135)62(38-50-20-24-52(117)25-21-50)109-83(134)60(36-48-14-9-8-10-15-48)105-74(125)53(91)26-29-67(92)118/h8-10,14-15,18-25,44-47,53-66,72,114-117,141H,11-13,16-17,26-43,90-91H2,1-7H3,(H2,92,118)(H2,93,119)(H2,94,120)(H,98,126)(H,99,138)(H,100,121)(H,101,129)(H,102,133)(H,103,137)(H,104,124)(H,105,125)(H,106,127)(H,107,130)(H,108,131)(H,109,134)(H,110,132)(H,111,128)(H,112,136)(H,113,135)(H,122,123)(H,139,140)(H4,95,96,97)/t47-,53-,54-,55-,56-,57-,58-,59-,60-,61-,62-,63-,64-,65-,66-,72-/m0/s1. The van der Waals surface area contributed by atoms with Crippen molar-refractivity contribution in [3.8, 4) is 11.5 Å². The normalized spacial score (nSPS) is 14.5. The minimum atomic E-state index is -1.95. The fourth-order valence-corrected chi connectivity index (χ4v) is 13.9. The lowest BCUT2D eigenvalue weighted by Crippen LogP contribution is -2.61. The first-order chi connectivity index (χ1) is 66.4. The lowest BCUT2D eigenvalue weighted by Gasteiger charge is -2.28. The lowest BCUT2D eigenvalue weighted by molar-refractivity contribution is -0.143. The molecule has 141 heavy (non-hydrogen) atoms. The molecule has 0 bridgehead atoms. The van der Waals surface area contributed by atoms with Gasteiger partial charge in [-0.15, -0.1) is 0 Å². The summed E-state index contributed by atoms with van der Waals surface area (Å²) in [6.45, 7) is 7.64. The first kappa shape index (κ1) is 121. The average molecular weight is 2010 g/mol. The number of aromatic hydroxyl groups is 2. The minimum Gasteiger partial charge on any atom is -0.508 e. The third-order valence-corrected chi connectivity index (χ3v) is 21.7. The molecule has 16 atom stereocenters. The number of benzene rings is 3. The van der Waals surface area contributed by atoms with Crippen LogP contribution in [0.1, 0.15) is 155 Å². The first-order valence-electron chi connectivity index (χ1n) is 45.5. The van der Waals surface area contributed by atoms with Gasteiger partial charge in [0.15, 0.2) is 5.96 Å². The molecule has 780 valence electrons. The van der Waals surface area contributed by atoms with Gasteiger partial charge in [-0.1, -0.05) is 96.1 Å². The van der Waals surface area contributed by atoms with Gasteiger partial charge in [-0.25, -0.2) is 4.79 Å². The maximum absolute atomic E-state index is 14.7. The number of hydrogen-bond acceptors (Lipinski definition) is 29. The first-order valence-corrected chi connectivity index (χ1v) is 46.1. The molecule has 0 spiro atoms. The molecule has 0 unspecified atom stereocenters. The summed E-state index contributed by atoms with van der Waals surface area (Å²) < 4.78 is 0. The second-order valence-electron chi connectivity index (χ2n) is 34.6. The highest BCUT2D eigenvalue weighted by Gasteiger charge is 2.40. The van der Waals surface area contributed by atoms with E-state index in [1.54, 1.807) is 58.0 Å². The molecule has 36 N–H and O–H groups in total. The van der Waals surface area contributed by atoms with Crippen LogP contribution >= 0.6 is 12.6 Å². The van der Waals surface area contributed by atoms with Crippen LogP contribution in [0.15, 0.2) is 78.9 Å². The summed E-state index contributed by atoms with van der Waals surface area (Å²) in [5.41, 5.74) is 34.6. The van der Waals surface area contributed by atoms with Gasteiger partial charge < -0.3 is 155 Å². The molecule has 0 aliphatic rings. The fraction of sp³-hybridized carbons (Fsp3) is 0.551. The Balaban J connectivity index is 1.84. The third kappa shape index (κ3) is 46.3. The maximum atomic E-state index is 14.7. The number of thiol groups is 1. The van der Waals surface area contributed by atoms with E-state index in [0.29, 0.717) is 11.1 Å². The van der Waals surface area contributed by atoms with Gasteiger partial charge in [0.05, 0.1) is 32.2 Å². The Morgan fingerprint density at radius 2 is 0.716 bits per heavy atom. The Bertz CT molecular complexity index is 4770. The number of primary amides is 3. The van der Waals surface area contributed by atoms with Crippen LogP contribution in [0, 0.1) is 23.2 Å². The molecular weight excluding hydrogens is 1870 g/mol. The van der Waals surface area contributed by atoms with Gasteiger partial charge in [0.1, 0.15) is 102 Å². The highest BCUT2D eigenvalue weighted by molar-refractivity contribution is 7.80. The molecule has 19 amide bonds. The number of aliphatic hydroxyl groups excluding tert-OH is 2. The smallest absolute Gasteiger partial charge is 0.328 e. The van der Waals surface area contributed by atoms with E-state index in [0.717, 1.165) is 6.92 Å². The molecule has 0 saturated heterocycles. The molecule has 3 aromatic rings. The van der Waals surface area contributed by atoms with Gasteiger partial charge in [-0.3, -0.25) is 101 Å². The van der Waals surface area contributed by atoms with Crippen molar-refractivity contribution >= 4 is 143 Å². The summed E-state index contributed by atoms with van der Waals surface area (Å²) in [7, 11) is 0. The number of guanidine groups is 1. The second kappa shape index (κ2) is 62.5. The molecule has 0 aromatic heterocycles. The topological polar surface area (TPSA) is 864 Å². The monoisotopic (exact) mass is 2000 g/mol. The summed E-state index contributed by atoms with van der Waals surface area (Å²) >= 11 is 4.21. The zero-order chi connectivity index (χ0) is 106. The largest absolute Gasteiger partial charge is 0.508 e. The Kier molecular flexibility index (Phi) is 53.5. The number of nitrogens with two attached hydrogens (primary N) is 6. The lowest BCUT2D eigenvalue weighted by atomic mass is 9.99. The quantitative estimate of drug-likeness (QED) is 0.0108. The third-order valence-electron chi connectivity index (χ3n) is 21.4. The number of hydrogen-bond donors (Lipinski definition) is 31. The van der Waals surface area contributed by atoms with E-state index in [9.17, 15) is 131 Å². The number of aliphatic hydroxyl groups is 2. The van der Waals surface area contributed by atoms with E-state index in [-0.39, 0.29) is 101 Å². The molecule has 52 heteroatoms. The number of rotatable bonds is 66. The van der Waals surface area contributed by atoms with Crippen LogP contribution in [0.3, 0.4) is 0 Å². The predicted molar refractivity (Wildman–Crippen MR) is 508 cm³/mol. The van der Waals surface area contributed by atoms with Crippen molar-refractivity contribution in [2.45, 2.75) is 254 Å². The SMILES string of the molecule is CC(C)C[C@H](NC(=O)[C@H](CCCCN)NC(=O)CNC(=O)[C@H](CC(=O)O)NC(=O)[C@H](C)NC(=O)[C@@H](NC(=O)[C@H](Cc1ccc(O)cc1)NC(=O)[C@H](Cc1ccccc1)NC(=O)[C@@H](N)CCC(N)=O)C(C)C)C(=O)N[C@@H](CO)C(=O)N[C@@H](CS)C(=O)N[C@@H](CCC(N)=O)C(=O)N[C@@H](CC(C)C)C(=O)N[C@@H](Cc1ccc(O)cc1)C(=O)N[C@@H](CCC(N)=O)C(=O)N[C@@H](CCCNC(=N)N)C(=O)N[C@@H](CO)C(=O)O. The van der Waals surface area contributed by atoms with Gasteiger partial charge in [0.2, 0.25) is 112 Å². The molecule has 3 aromatic carbocycles. The summed E-state index contributed by atoms with van der Waals surface area (Å²) in [6.07, 6.45) is -4.87. The Hall–Kier alpha value is -14.4. The zero-order valence-electron chi connectivity index (χ0n) is 79.4. The molecule has 0 aliphatic carbocycles. The number of phenols is 2. The van der Waals surface area contributed by atoms with Gasteiger partial charge >= 0.3 is 11.9 Å². The molecule has 0 aliphatic heterocycles. The van der Waals surface area contributed by atoms with E-state index in [4.69, 9.17) is 39.8 Å². The van der Waals surface area contributed by atoms with E-state index in [1.807, 2.05) is 0 Å². The van der Waals surface area contributed by atoms with Gasteiger partial charge in [-0.2, -0.15) is 12.6 Å². The molecule has 0 heterocycles. The van der Waals surface area contributed by atoms with Crippen LogP contribution in [0.5, 0.6) is 11.5 Å². The van der Waals surface area contributed by atoms with E-state index in [1.165, 1.54) is 62.4 Å². The number of aliphatic carboxylic acids is 2. The van der Waals surface area contributed by atoms with Crippen LogP contribution in [-0.4, -0.2) is 296 Å². The van der Waals surface area contributed by atoms with Crippen molar-refractivity contribution in [3.63, 3.8) is 0 Å².